The molecule has 1 aromatic carbocycles. The molecular weight excluding hydrogens is 415 g/mol. The van der Waals surface area contributed by atoms with Gasteiger partial charge in [-0.3, -0.25) is 0 Å². The van der Waals surface area contributed by atoms with Crippen molar-refractivity contribution in [3.8, 4) is 0 Å². The van der Waals surface area contributed by atoms with Crippen molar-refractivity contribution in [3.63, 3.8) is 0 Å². The molecule has 160 valence electrons. The maximum absolute atomic E-state index is 6.06. The van der Waals surface area contributed by atoms with Crippen molar-refractivity contribution in [2.24, 2.45) is 10.9 Å². The Kier molecular flexibility index (Phi) is 9.73. The SMILES string of the molecule is Cc1nc(N)nc(N)c1N1CCN(c2ccc(C=NOCCN)cc2)CC1.Cl.Cl. The zero-order chi connectivity index (χ0) is 19.2. The average Bonchev–Trinajstić information content (AvgIpc) is 2.66. The highest BCUT2D eigenvalue weighted by Crippen LogP contribution is 2.27. The first-order valence-corrected chi connectivity index (χ1v) is 8.93. The van der Waals surface area contributed by atoms with Crippen molar-refractivity contribution in [3.05, 3.63) is 35.5 Å². The highest BCUT2D eigenvalue weighted by molar-refractivity contribution is 5.85. The van der Waals surface area contributed by atoms with Crippen LogP contribution in [0, 0.1) is 6.92 Å². The fourth-order valence-corrected chi connectivity index (χ4v) is 3.17. The third-order valence-corrected chi connectivity index (χ3v) is 4.44. The molecule has 2 aromatic rings. The molecule has 0 aliphatic carbocycles. The fourth-order valence-electron chi connectivity index (χ4n) is 3.17. The predicted molar refractivity (Wildman–Crippen MR) is 124 cm³/mol. The van der Waals surface area contributed by atoms with Gasteiger partial charge < -0.3 is 31.8 Å². The van der Waals surface area contributed by atoms with Gasteiger partial charge in [0, 0.05) is 38.4 Å². The number of nitrogen functional groups attached to an aromatic ring is 2. The summed E-state index contributed by atoms with van der Waals surface area (Å²) in [4.78, 5) is 17.9. The number of nitrogens with two attached hydrogens (primary N) is 3. The Morgan fingerprint density at radius 1 is 1.03 bits per heavy atom. The molecule has 0 spiro atoms. The van der Waals surface area contributed by atoms with Gasteiger partial charge >= 0.3 is 0 Å². The Morgan fingerprint density at radius 2 is 1.66 bits per heavy atom. The normalized spacial score (nSPS) is 13.7. The highest BCUT2D eigenvalue weighted by Gasteiger charge is 2.22. The summed E-state index contributed by atoms with van der Waals surface area (Å²) in [6.07, 6.45) is 1.68. The van der Waals surface area contributed by atoms with E-state index < -0.39 is 0 Å². The summed E-state index contributed by atoms with van der Waals surface area (Å²) < 4.78 is 0. The van der Waals surface area contributed by atoms with Crippen LogP contribution in [-0.4, -0.2) is 55.5 Å². The van der Waals surface area contributed by atoms with Crippen molar-refractivity contribution in [2.75, 3.05) is 60.6 Å². The molecule has 2 heterocycles. The molecule has 0 bridgehead atoms. The van der Waals surface area contributed by atoms with Crippen LogP contribution >= 0.6 is 24.8 Å². The zero-order valence-corrected chi connectivity index (χ0v) is 18.0. The van der Waals surface area contributed by atoms with Gasteiger partial charge in [-0.15, -0.1) is 24.8 Å². The number of anilines is 4. The second-order valence-electron chi connectivity index (χ2n) is 6.32. The van der Waals surface area contributed by atoms with Gasteiger partial charge in [-0.25, -0.2) is 4.98 Å². The van der Waals surface area contributed by atoms with E-state index in [9.17, 15) is 0 Å². The number of nitrogens with zero attached hydrogens (tertiary/aromatic N) is 5. The van der Waals surface area contributed by atoms with Crippen LogP contribution in [-0.2, 0) is 4.84 Å². The van der Waals surface area contributed by atoms with Gasteiger partial charge in [0.25, 0.3) is 0 Å². The van der Waals surface area contributed by atoms with Crippen LogP contribution in [0.5, 0.6) is 0 Å². The molecule has 1 saturated heterocycles. The first kappa shape index (κ1) is 24.5. The van der Waals surface area contributed by atoms with E-state index in [2.05, 4.69) is 37.1 Å². The molecule has 0 amide bonds. The molecule has 1 fully saturated rings. The van der Waals surface area contributed by atoms with Crippen LogP contribution in [0.15, 0.2) is 29.4 Å². The van der Waals surface area contributed by atoms with Gasteiger partial charge in [0.2, 0.25) is 5.95 Å². The standard InChI is InChI=1S/C18H26N8O.2ClH/c1-13-16(17(20)24-18(21)23-13)26-9-7-25(8-10-26)15-4-2-14(3-5-15)12-22-27-11-6-19;;/h2-5,12H,6-11,19H2,1H3,(H4,20,21,23,24);2*1H. The Bertz CT molecular complexity index is 772. The lowest BCUT2D eigenvalue weighted by Crippen LogP contribution is -2.47. The van der Waals surface area contributed by atoms with E-state index in [1.165, 1.54) is 5.69 Å². The molecule has 1 aliphatic heterocycles. The lowest BCUT2D eigenvalue weighted by molar-refractivity contribution is 0.154. The van der Waals surface area contributed by atoms with E-state index in [0.717, 1.165) is 43.1 Å². The minimum atomic E-state index is 0. The van der Waals surface area contributed by atoms with Crippen LogP contribution < -0.4 is 27.0 Å². The third-order valence-electron chi connectivity index (χ3n) is 4.44. The van der Waals surface area contributed by atoms with Crippen molar-refractivity contribution in [1.82, 2.24) is 9.97 Å². The molecule has 11 heteroatoms. The van der Waals surface area contributed by atoms with E-state index >= 15 is 0 Å². The molecule has 0 radical (unpaired) electrons. The summed E-state index contributed by atoms with van der Waals surface area (Å²) in [5.41, 5.74) is 20.9. The van der Waals surface area contributed by atoms with Crippen LogP contribution in [0.1, 0.15) is 11.3 Å². The van der Waals surface area contributed by atoms with E-state index in [1.54, 1.807) is 6.21 Å². The van der Waals surface area contributed by atoms with Gasteiger partial charge in [0.1, 0.15) is 12.3 Å². The van der Waals surface area contributed by atoms with E-state index in [0.29, 0.717) is 19.0 Å². The monoisotopic (exact) mass is 442 g/mol. The topological polar surface area (TPSA) is 132 Å². The highest BCUT2D eigenvalue weighted by atomic mass is 35.5. The average molecular weight is 443 g/mol. The molecule has 1 aliphatic rings. The molecule has 0 saturated carbocycles. The molecular formula is C18H28Cl2N8O. The maximum Gasteiger partial charge on any atom is 0.222 e. The number of rotatable bonds is 6. The van der Waals surface area contributed by atoms with Crippen molar-refractivity contribution in [1.29, 1.82) is 0 Å². The summed E-state index contributed by atoms with van der Waals surface area (Å²) in [6, 6.07) is 8.22. The number of aromatic nitrogens is 2. The summed E-state index contributed by atoms with van der Waals surface area (Å²) in [7, 11) is 0. The van der Waals surface area contributed by atoms with Gasteiger partial charge in [0.15, 0.2) is 5.82 Å². The first-order valence-electron chi connectivity index (χ1n) is 8.93. The Labute approximate surface area is 183 Å². The molecule has 6 N–H and O–H groups in total. The largest absolute Gasteiger partial charge is 0.394 e. The lowest BCUT2D eigenvalue weighted by Gasteiger charge is -2.38. The Morgan fingerprint density at radius 3 is 2.24 bits per heavy atom. The molecule has 1 aromatic heterocycles. The molecule has 3 rings (SSSR count). The molecule has 0 unspecified atom stereocenters. The summed E-state index contributed by atoms with van der Waals surface area (Å²) in [5, 5.41) is 3.88. The maximum atomic E-state index is 6.06. The van der Waals surface area contributed by atoms with Crippen LogP contribution in [0.3, 0.4) is 0 Å². The zero-order valence-electron chi connectivity index (χ0n) is 16.3. The fraction of sp³-hybridized carbons (Fsp3) is 0.389. The predicted octanol–water partition coefficient (Wildman–Crippen LogP) is 1.43. The summed E-state index contributed by atoms with van der Waals surface area (Å²) in [5.74, 6) is 0.651. The van der Waals surface area contributed by atoms with E-state index in [-0.39, 0.29) is 30.8 Å². The van der Waals surface area contributed by atoms with Crippen LogP contribution in [0.4, 0.5) is 23.1 Å². The number of aryl methyl sites for hydroxylation is 1. The van der Waals surface area contributed by atoms with Crippen molar-refractivity contribution >= 4 is 54.2 Å². The van der Waals surface area contributed by atoms with E-state index in [4.69, 9.17) is 22.0 Å². The van der Waals surface area contributed by atoms with Gasteiger partial charge in [-0.2, -0.15) is 4.98 Å². The second-order valence-corrected chi connectivity index (χ2v) is 6.32. The van der Waals surface area contributed by atoms with E-state index in [1.807, 2.05) is 19.1 Å². The van der Waals surface area contributed by atoms with Crippen molar-refractivity contribution in [2.45, 2.75) is 6.92 Å². The minimum absolute atomic E-state index is 0. The number of oxime groups is 1. The van der Waals surface area contributed by atoms with Gasteiger partial charge in [-0.1, -0.05) is 17.3 Å². The van der Waals surface area contributed by atoms with Gasteiger partial charge in [-0.05, 0) is 24.6 Å². The smallest absolute Gasteiger partial charge is 0.222 e. The third kappa shape index (κ3) is 6.25. The Hall–Kier alpha value is -2.49. The van der Waals surface area contributed by atoms with Crippen molar-refractivity contribution < 1.29 is 4.84 Å². The first-order chi connectivity index (χ1) is 13.1. The number of piperazine rings is 1. The number of hydrogen-bond acceptors (Lipinski definition) is 9. The number of halogens is 2. The molecule has 0 atom stereocenters. The lowest BCUT2D eigenvalue weighted by atomic mass is 10.2. The second kappa shape index (κ2) is 11.5. The summed E-state index contributed by atoms with van der Waals surface area (Å²) >= 11 is 0. The number of hydrogen-bond donors (Lipinski definition) is 3. The number of benzene rings is 1. The minimum Gasteiger partial charge on any atom is -0.394 e. The van der Waals surface area contributed by atoms with Crippen LogP contribution in [0.2, 0.25) is 0 Å². The quantitative estimate of drug-likeness (QED) is 0.347. The Balaban J connectivity index is 0.00000210. The van der Waals surface area contributed by atoms with Crippen LogP contribution in [0.25, 0.3) is 0 Å². The molecule has 29 heavy (non-hydrogen) atoms. The summed E-state index contributed by atoms with van der Waals surface area (Å²) in [6.45, 7) is 6.24. The van der Waals surface area contributed by atoms with Gasteiger partial charge in [0.05, 0.1) is 11.9 Å². The molecule has 9 nitrogen and oxygen atoms in total.